The van der Waals surface area contributed by atoms with Crippen LogP contribution in [-0.2, 0) is 20.9 Å². The number of nitrogens with zero attached hydrogens (tertiary/aromatic N) is 2. The second kappa shape index (κ2) is 6.86. The van der Waals surface area contributed by atoms with Gasteiger partial charge in [-0.15, -0.1) is 0 Å². The Morgan fingerprint density at radius 3 is 2.87 bits per heavy atom. The number of likely N-dealkylation sites (tertiary alicyclic amines) is 1. The fraction of sp³-hybridized carbons (Fsp3) is 0.444. The zero-order valence-corrected chi connectivity index (χ0v) is 13.4. The van der Waals surface area contributed by atoms with E-state index in [0.717, 1.165) is 18.4 Å². The number of hydrogen-bond acceptors (Lipinski definition) is 3. The summed E-state index contributed by atoms with van der Waals surface area (Å²) < 4.78 is 6.93. The summed E-state index contributed by atoms with van der Waals surface area (Å²) in [5.74, 6) is -0.276. The zero-order chi connectivity index (χ0) is 16.2. The van der Waals surface area contributed by atoms with Gasteiger partial charge in [0.1, 0.15) is 6.04 Å². The van der Waals surface area contributed by atoms with Gasteiger partial charge < -0.3 is 14.2 Å². The third-order valence-corrected chi connectivity index (χ3v) is 4.54. The molecular weight excluding hydrogens is 292 g/mol. The number of carbonyl (C=O) groups is 2. The average Bonchev–Trinajstić information content (AvgIpc) is 3.02. The molecule has 1 atom stereocenters. The third kappa shape index (κ3) is 3.23. The van der Waals surface area contributed by atoms with E-state index >= 15 is 0 Å². The molecule has 0 bridgehead atoms. The van der Waals surface area contributed by atoms with Crippen LogP contribution in [0.2, 0.25) is 0 Å². The molecule has 1 saturated heterocycles. The van der Waals surface area contributed by atoms with E-state index in [9.17, 15) is 9.59 Å². The normalized spacial score (nSPS) is 18.1. The van der Waals surface area contributed by atoms with Gasteiger partial charge in [-0.25, -0.2) is 4.79 Å². The van der Waals surface area contributed by atoms with E-state index in [1.807, 2.05) is 18.3 Å². The zero-order valence-electron chi connectivity index (χ0n) is 13.4. The summed E-state index contributed by atoms with van der Waals surface area (Å²) in [4.78, 5) is 26.1. The minimum Gasteiger partial charge on any atom is -0.467 e. The number of amides is 1. The minimum absolute atomic E-state index is 0.0258. The van der Waals surface area contributed by atoms with Crippen molar-refractivity contribution in [3.63, 3.8) is 0 Å². The second-order valence-electron chi connectivity index (χ2n) is 5.94. The van der Waals surface area contributed by atoms with Crippen LogP contribution in [0.1, 0.15) is 25.7 Å². The van der Waals surface area contributed by atoms with Gasteiger partial charge in [-0.1, -0.05) is 18.2 Å². The summed E-state index contributed by atoms with van der Waals surface area (Å²) in [5.41, 5.74) is 1.13. The molecule has 1 amide bonds. The third-order valence-electron chi connectivity index (χ3n) is 4.54. The number of hydrogen-bond donors (Lipinski definition) is 0. The van der Waals surface area contributed by atoms with Crippen LogP contribution in [0.3, 0.4) is 0 Å². The van der Waals surface area contributed by atoms with Crippen molar-refractivity contribution in [1.29, 1.82) is 0 Å². The van der Waals surface area contributed by atoms with Crippen LogP contribution >= 0.6 is 0 Å². The Labute approximate surface area is 135 Å². The Hall–Kier alpha value is -2.30. The number of aryl methyl sites for hydroxylation is 1. The van der Waals surface area contributed by atoms with E-state index in [2.05, 4.69) is 22.8 Å². The highest BCUT2D eigenvalue weighted by atomic mass is 16.5. The maximum absolute atomic E-state index is 12.6. The molecule has 0 aliphatic carbocycles. The first-order chi connectivity index (χ1) is 11.2. The van der Waals surface area contributed by atoms with Crippen LogP contribution in [0.15, 0.2) is 36.5 Å². The predicted molar refractivity (Wildman–Crippen MR) is 87.9 cm³/mol. The number of rotatable bonds is 4. The standard InChI is InChI=1S/C18H22N2O3/c1-23-18(22)16-8-4-5-11-20(16)17(21)10-13-19-12-9-14-6-2-3-7-15(14)19/h2-3,6-7,9,12,16H,4-5,8,10-11,13H2,1H3. The largest absolute Gasteiger partial charge is 0.467 e. The van der Waals surface area contributed by atoms with Crippen molar-refractivity contribution in [1.82, 2.24) is 9.47 Å². The fourth-order valence-electron chi connectivity index (χ4n) is 3.31. The maximum Gasteiger partial charge on any atom is 0.328 e. The maximum atomic E-state index is 12.6. The average molecular weight is 314 g/mol. The van der Waals surface area contributed by atoms with Crippen LogP contribution in [-0.4, -0.2) is 41.0 Å². The number of ether oxygens (including phenoxy) is 1. The first kappa shape index (κ1) is 15.6. The molecule has 2 heterocycles. The quantitative estimate of drug-likeness (QED) is 0.815. The lowest BCUT2D eigenvalue weighted by Gasteiger charge is -2.33. The summed E-state index contributed by atoms with van der Waals surface area (Å²) in [6.45, 7) is 1.27. The lowest BCUT2D eigenvalue weighted by Crippen LogP contribution is -2.48. The molecule has 23 heavy (non-hydrogen) atoms. The van der Waals surface area contributed by atoms with E-state index in [4.69, 9.17) is 4.74 Å². The van der Waals surface area contributed by atoms with Crippen molar-refractivity contribution in [2.75, 3.05) is 13.7 Å². The van der Waals surface area contributed by atoms with Gasteiger partial charge in [0.05, 0.1) is 7.11 Å². The monoisotopic (exact) mass is 314 g/mol. The number of benzene rings is 1. The summed E-state index contributed by atoms with van der Waals surface area (Å²) in [7, 11) is 1.38. The smallest absolute Gasteiger partial charge is 0.328 e. The summed E-state index contributed by atoms with van der Waals surface area (Å²) in [6.07, 6.45) is 5.01. The van der Waals surface area contributed by atoms with Gasteiger partial charge in [-0.3, -0.25) is 4.79 Å². The molecule has 1 unspecified atom stereocenters. The van der Waals surface area contributed by atoms with Crippen molar-refractivity contribution in [3.05, 3.63) is 36.5 Å². The van der Waals surface area contributed by atoms with Gasteiger partial charge >= 0.3 is 5.97 Å². The Morgan fingerprint density at radius 2 is 2.04 bits per heavy atom. The lowest BCUT2D eigenvalue weighted by molar-refractivity contribution is -0.154. The van der Waals surface area contributed by atoms with Crippen molar-refractivity contribution in [2.24, 2.45) is 0 Å². The summed E-state index contributed by atoms with van der Waals surface area (Å²) >= 11 is 0. The molecule has 5 nitrogen and oxygen atoms in total. The Bertz CT molecular complexity index is 707. The highest BCUT2D eigenvalue weighted by Gasteiger charge is 2.32. The predicted octanol–water partition coefficient (Wildman–Crippen LogP) is 2.59. The molecule has 1 aliphatic rings. The van der Waals surface area contributed by atoms with Gasteiger partial charge in [0, 0.05) is 31.2 Å². The highest BCUT2D eigenvalue weighted by Crippen LogP contribution is 2.20. The van der Waals surface area contributed by atoms with Crippen LogP contribution < -0.4 is 0 Å². The van der Waals surface area contributed by atoms with E-state index in [1.54, 1.807) is 4.90 Å². The van der Waals surface area contributed by atoms with E-state index in [-0.39, 0.29) is 11.9 Å². The molecule has 1 fully saturated rings. The van der Waals surface area contributed by atoms with E-state index < -0.39 is 6.04 Å². The van der Waals surface area contributed by atoms with Crippen molar-refractivity contribution in [3.8, 4) is 0 Å². The number of carbonyl (C=O) groups excluding carboxylic acids is 2. The van der Waals surface area contributed by atoms with Gasteiger partial charge in [-0.05, 0) is 36.8 Å². The summed E-state index contributed by atoms with van der Waals surface area (Å²) in [6, 6.07) is 9.76. The molecule has 2 aromatic rings. The van der Waals surface area contributed by atoms with Gasteiger partial charge in [0.15, 0.2) is 0 Å². The van der Waals surface area contributed by atoms with Gasteiger partial charge in [0.25, 0.3) is 0 Å². The van der Waals surface area contributed by atoms with E-state index in [1.165, 1.54) is 12.5 Å². The fourth-order valence-corrected chi connectivity index (χ4v) is 3.31. The Balaban J connectivity index is 1.67. The topological polar surface area (TPSA) is 51.5 Å². The van der Waals surface area contributed by atoms with Crippen LogP contribution in [0.25, 0.3) is 10.9 Å². The van der Waals surface area contributed by atoms with Gasteiger partial charge in [0.2, 0.25) is 5.91 Å². The second-order valence-corrected chi connectivity index (χ2v) is 5.94. The van der Waals surface area contributed by atoms with Crippen LogP contribution in [0.4, 0.5) is 0 Å². The van der Waals surface area contributed by atoms with Crippen LogP contribution in [0.5, 0.6) is 0 Å². The van der Waals surface area contributed by atoms with Crippen LogP contribution in [0, 0.1) is 0 Å². The number of aromatic nitrogens is 1. The molecule has 0 N–H and O–H groups in total. The molecule has 3 rings (SSSR count). The molecule has 1 aromatic heterocycles. The van der Waals surface area contributed by atoms with Crippen molar-refractivity contribution in [2.45, 2.75) is 38.3 Å². The molecule has 122 valence electrons. The number of methoxy groups -OCH3 is 1. The lowest BCUT2D eigenvalue weighted by atomic mass is 10.0. The van der Waals surface area contributed by atoms with E-state index in [0.29, 0.717) is 25.9 Å². The molecule has 0 spiro atoms. The molecule has 0 saturated carbocycles. The molecule has 0 radical (unpaired) electrons. The number of fused-ring (bicyclic) bond motifs is 1. The number of para-hydroxylation sites is 1. The number of esters is 1. The molecule has 5 heteroatoms. The Kier molecular flexibility index (Phi) is 4.65. The first-order valence-corrected chi connectivity index (χ1v) is 8.12. The molecular formula is C18H22N2O3. The highest BCUT2D eigenvalue weighted by molar-refractivity contribution is 5.85. The first-order valence-electron chi connectivity index (χ1n) is 8.12. The Morgan fingerprint density at radius 1 is 1.22 bits per heavy atom. The molecule has 1 aliphatic heterocycles. The summed E-state index contributed by atoms with van der Waals surface area (Å²) in [5, 5.41) is 1.17. The van der Waals surface area contributed by atoms with Gasteiger partial charge in [-0.2, -0.15) is 0 Å². The minimum atomic E-state index is -0.414. The number of piperidine rings is 1. The SMILES string of the molecule is COC(=O)C1CCCCN1C(=O)CCn1ccc2ccccc21. The van der Waals surface area contributed by atoms with Crippen molar-refractivity contribution >= 4 is 22.8 Å². The molecule has 1 aromatic carbocycles. The van der Waals surface area contributed by atoms with Crippen molar-refractivity contribution < 1.29 is 14.3 Å².